The van der Waals surface area contributed by atoms with Crippen molar-refractivity contribution in [2.45, 2.75) is 12.6 Å². The van der Waals surface area contributed by atoms with Gasteiger partial charge in [0.05, 0.1) is 7.11 Å². The number of benzene rings is 2. The Balaban J connectivity index is 2.02. The zero-order chi connectivity index (χ0) is 13.5. The first-order valence-electron chi connectivity index (χ1n) is 6.17. The Labute approximate surface area is 113 Å². The van der Waals surface area contributed by atoms with Gasteiger partial charge in [0.25, 0.3) is 6.07 Å². The molecule has 0 aliphatic carbocycles. The quantitative estimate of drug-likeness (QED) is 0.843. The van der Waals surface area contributed by atoms with Crippen LogP contribution in [0.25, 0.3) is 0 Å². The topological polar surface area (TPSA) is 45.1 Å². The summed E-state index contributed by atoms with van der Waals surface area (Å²) in [5.41, 5.74) is 2.20. The standard InChI is InChI=1S/C16H16N2O/c1-19-15-9-7-14(8-10-15)16(11-17)18-12-13-5-3-2-4-6-13/h2-10,16,18H,12H2,1H3/p+1/t16-/m0/s1. The van der Waals surface area contributed by atoms with Gasteiger partial charge in [-0.1, -0.05) is 47.7 Å². The molecule has 2 aromatic carbocycles. The lowest BCUT2D eigenvalue weighted by Gasteiger charge is -2.10. The number of ether oxygens (including phenoxy) is 1. The molecule has 2 rings (SSSR count). The van der Waals surface area contributed by atoms with Crippen LogP contribution in [0.2, 0.25) is 0 Å². The molecular weight excluding hydrogens is 236 g/mol. The fourth-order valence-corrected chi connectivity index (χ4v) is 1.86. The Morgan fingerprint density at radius 1 is 1.11 bits per heavy atom. The van der Waals surface area contributed by atoms with Crippen LogP contribution in [0.3, 0.4) is 0 Å². The highest BCUT2D eigenvalue weighted by atomic mass is 16.5. The van der Waals surface area contributed by atoms with Gasteiger partial charge < -0.3 is 4.74 Å². The maximum atomic E-state index is 7.42. The van der Waals surface area contributed by atoms with Crippen molar-refractivity contribution in [3.63, 3.8) is 0 Å². The van der Waals surface area contributed by atoms with Crippen molar-refractivity contribution in [3.8, 4) is 11.8 Å². The van der Waals surface area contributed by atoms with E-state index in [1.807, 2.05) is 42.5 Å². The predicted octanol–water partition coefficient (Wildman–Crippen LogP) is 1.30. The van der Waals surface area contributed by atoms with Gasteiger partial charge in [-0.05, 0) is 23.3 Å². The molecule has 19 heavy (non-hydrogen) atoms. The Hall–Kier alpha value is -2.31. The lowest BCUT2D eigenvalue weighted by molar-refractivity contribution is -0.0969. The van der Waals surface area contributed by atoms with Crippen molar-refractivity contribution in [3.05, 3.63) is 65.7 Å². The highest BCUT2D eigenvalue weighted by Crippen LogP contribution is 2.17. The lowest BCUT2D eigenvalue weighted by Crippen LogP contribution is -2.28. The molecule has 0 aliphatic heterocycles. The number of hydrogen-bond donors (Lipinski definition) is 2. The van der Waals surface area contributed by atoms with E-state index in [2.05, 4.69) is 23.5 Å². The van der Waals surface area contributed by atoms with Gasteiger partial charge in [-0.25, -0.2) is 0 Å². The highest BCUT2D eigenvalue weighted by molar-refractivity contribution is 5.31. The monoisotopic (exact) mass is 253 g/mol. The number of rotatable bonds is 5. The molecule has 0 saturated carbocycles. The van der Waals surface area contributed by atoms with E-state index >= 15 is 0 Å². The molecule has 0 saturated heterocycles. The average molecular weight is 253 g/mol. The minimum atomic E-state index is -0.203. The van der Waals surface area contributed by atoms with Gasteiger partial charge in [0.1, 0.15) is 5.75 Å². The number of methoxy groups -OCH3 is 1. The summed E-state index contributed by atoms with van der Waals surface area (Å²) in [6, 6.07) is 20.1. The van der Waals surface area contributed by atoms with Gasteiger partial charge >= 0.3 is 0 Å². The summed E-state index contributed by atoms with van der Waals surface area (Å²) in [4.78, 5) is 0. The van der Waals surface area contributed by atoms with Gasteiger partial charge in [0, 0.05) is 6.54 Å². The lowest BCUT2D eigenvalue weighted by atomic mass is 10.1. The SMILES string of the molecule is COc1ccc([C@H](C#[NH+])NCc2ccccc2)cc1. The third-order valence-electron chi connectivity index (χ3n) is 2.95. The largest absolute Gasteiger partial charge is 0.497 e. The molecule has 96 valence electrons. The van der Waals surface area contributed by atoms with Crippen molar-refractivity contribution in [2.24, 2.45) is 0 Å². The zero-order valence-electron chi connectivity index (χ0n) is 10.9. The zero-order valence-corrected chi connectivity index (χ0v) is 10.9. The first kappa shape index (κ1) is 13.1. The molecule has 3 nitrogen and oxygen atoms in total. The Morgan fingerprint density at radius 3 is 2.37 bits per heavy atom. The van der Waals surface area contributed by atoms with E-state index in [4.69, 9.17) is 10.00 Å². The maximum absolute atomic E-state index is 7.42. The molecule has 0 spiro atoms. The van der Waals surface area contributed by atoms with Crippen molar-refractivity contribution in [1.82, 2.24) is 5.32 Å². The van der Waals surface area contributed by atoms with Crippen LogP contribution in [0.15, 0.2) is 54.6 Å². The van der Waals surface area contributed by atoms with Crippen LogP contribution in [0, 0.1) is 6.07 Å². The van der Waals surface area contributed by atoms with Crippen LogP contribution < -0.4 is 15.3 Å². The Morgan fingerprint density at radius 2 is 1.79 bits per heavy atom. The summed E-state index contributed by atoms with van der Waals surface area (Å²) in [6.07, 6.45) is 0. The second-order valence-corrected chi connectivity index (χ2v) is 4.22. The van der Waals surface area contributed by atoms with Gasteiger partial charge in [-0.15, -0.1) is 0 Å². The Kier molecular flexibility index (Phi) is 4.54. The maximum Gasteiger partial charge on any atom is 0.294 e. The predicted molar refractivity (Wildman–Crippen MR) is 73.9 cm³/mol. The fraction of sp³-hybridized carbons (Fsp3) is 0.188. The number of hydrogen-bond acceptors (Lipinski definition) is 2. The van der Waals surface area contributed by atoms with E-state index in [1.165, 1.54) is 5.56 Å². The minimum absolute atomic E-state index is 0.203. The third-order valence-corrected chi connectivity index (χ3v) is 2.95. The van der Waals surface area contributed by atoms with E-state index in [0.717, 1.165) is 11.3 Å². The smallest absolute Gasteiger partial charge is 0.294 e. The highest BCUT2D eigenvalue weighted by Gasteiger charge is 2.13. The molecule has 0 radical (unpaired) electrons. The van der Waals surface area contributed by atoms with E-state index < -0.39 is 0 Å². The van der Waals surface area contributed by atoms with Gasteiger partial charge in [-0.2, -0.15) is 0 Å². The summed E-state index contributed by atoms with van der Waals surface area (Å²) >= 11 is 0. The molecule has 2 N–H and O–H groups in total. The number of nitrogens with one attached hydrogen (secondary N) is 2. The van der Waals surface area contributed by atoms with Crippen molar-refractivity contribution < 1.29 is 10.00 Å². The molecule has 0 unspecified atom stereocenters. The summed E-state index contributed by atoms with van der Waals surface area (Å²) in [6.45, 7) is 0.712. The van der Waals surface area contributed by atoms with Crippen molar-refractivity contribution in [2.75, 3.05) is 7.11 Å². The van der Waals surface area contributed by atoms with E-state index in [-0.39, 0.29) is 6.04 Å². The molecule has 2 aromatic rings. The molecule has 0 fully saturated rings. The molecule has 0 bridgehead atoms. The third kappa shape index (κ3) is 3.57. The first-order valence-corrected chi connectivity index (χ1v) is 6.17. The summed E-state index contributed by atoms with van der Waals surface area (Å²) in [7, 11) is 1.64. The molecule has 0 amide bonds. The Bertz CT molecular complexity index is 543. The molecular formula is C16H17N2O+. The van der Waals surface area contributed by atoms with Crippen molar-refractivity contribution in [1.29, 1.82) is 0 Å². The molecule has 0 aromatic heterocycles. The van der Waals surface area contributed by atoms with Crippen LogP contribution in [0.1, 0.15) is 17.2 Å². The minimum Gasteiger partial charge on any atom is -0.497 e. The van der Waals surface area contributed by atoms with Crippen LogP contribution in [0.4, 0.5) is 0 Å². The van der Waals surface area contributed by atoms with E-state index in [9.17, 15) is 0 Å². The second kappa shape index (κ2) is 6.58. The van der Waals surface area contributed by atoms with Crippen LogP contribution >= 0.6 is 0 Å². The van der Waals surface area contributed by atoms with Crippen LogP contribution in [-0.2, 0) is 6.54 Å². The normalized spacial score (nSPS) is 11.6. The molecule has 1 atom stereocenters. The van der Waals surface area contributed by atoms with Gasteiger partial charge in [0.15, 0.2) is 6.04 Å². The van der Waals surface area contributed by atoms with Gasteiger partial charge in [0.2, 0.25) is 0 Å². The average Bonchev–Trinajstić information content (AvgIpc) is 2.49. The van der Waals surface area contributed by atoms with E-state index in [0.29, 0.717) is 6.54 Å². The van der Waals surface area contributed by atoms with Crippen LogP contribution in [0.5, 0.6) is 5.75 Å². The van der Waals surface area contributed by atoms with Crippen molar-refractivity contribution >= 4 is 0 Å². The van der Waals surface area contributed by atoms with Gasteiger partial charge in [-0.3, -0.25) is 5.32 Å². The second-order valence-electron chi connectivity index (χ2n) is 4.22. The molecule has 3 heteroatoms. The summed E-state index contributed by atoms with van der Waals surface area (Å²) in [5, 5.41) is 10.7. The molecule has 0 aliphatic rings. The molecule has 0 heterocycles. The van der Waals surface area contributed by atoms with Crippen LogP contribution in [-0.4, -0.2) is 7.11 Å². The first-order chi connectivity index (χ1) is 9.33. The van der Waals surface area contributed by atoms with E-state index in [1.54, 1.807) is 7.11 Å². The summed E-state index contributed by atoms with van der Waals surface area (Å²) in [5.74, 6) is 0.815. The fourth-order valence-electron chi connectivity index (χ4n) is 1.86. The summed E-state index contributed by atoms with van der Waals surface area (Å²) < 4.78 is 5.12.